The molecule has 0 spiro atoms. The smallest absolute Gasteiger partial charge is 0.408 e. The van der Waals surface area contributed by atoms with E-state index in [1.165, 1.54) is 0 Å². The molecule has 1 atom stereocenters. The van der Waals surface area contributed by atoms with Crippen molar-refractivity contribution in [2.24, 2.45) is 5.92 Å². The zero-order chi connectivity index (χ0) is 13.7. The molecule has 2 N–H and O–H groups in total. The van der Waals surface area contributed by atoms with E-state index in [1.54, 1.807) is 0 Å². The van der Waals surface area contributed by atoms with E-state index in [-0.39, 0.29) is 12.5 Å². The molecule has 1 aromatic carbocycles. The fourth-order valence-electron chi connectivity index (χ4n) is 2.05. The Labute approximate surface area is 111 Å². The number of carboxylic acids is 1. The van der Waals surface area contributed by atoms with Crippen LogP contribution in [0, 0.1) is 5.92 Å². The van der Waals surface area contributed by atoms with Gasteiger partial charge in [-0.15, -0.1) is 0 Å². The van der Waals surface area contributed by atoms with Crippen molar-refractivity contribution in [3.05, 3.63) is 35.9 Å². The summed E-state index contributed by atoms with van der Waals surface area (Å²) >= 11 is 0. The van der Waals surface area contributed by atoms with E-state index in [0.717, 1.165) is 24.8 Å². The SMILES string of the molecule is O=C(NC(C(=O)O)C1CCC1)OCc1ccccc1. The van der Waals surface area contributed by atoms with Crippen LogP contribution in [0.5, 0.6) is 0 Å². The van der Waals surface area contributed by atoms with Crippen molar-refractivity contribution in [1.29, 1.82) is 0 Å². The van der Waals surface area contributed by atoms with Crippen molar-refractivity contribution in [2.75, 3.05) is 0 Å². The zero-order valence-corrected chi connectivity index (χ0v) is 10.5. The maximum Gasteiger partial charge on any atom is 0.408 e. The average molecular weight is 263 g/mol. The van der Waals surface area contributed by atoms with Crippen LogP contribution in [0.2, 0.25) is 0 Å². The van der Waals surface area contributed by atoms with Crippen LogP contribution in [0.15, 0.2) is 30.3 Å². The highest BCUT2D eigenvalue weighted by Gasteiger charge is 2.34. The highest BCUT2D eigenvalue weighted by Crippen LogP contribution is 2.29. The van der Waals surface area contributed by atoms with Crippen molar-refractivity contribution in [1.82, 2.24) is 5.32 Å². The Morgan fingerprint density at radius 3 is 2.53 bits per heavy atom. The number of alkyl carbamates (subject to hydrolysis) is 1. The molecule has 2 rings (SSSR count). The van der Waals surface area contributed by atoms with Gasteiger partial charge in [0.2, 0.25) is 0 Å². The van der Waals surface area contributed by atoms with Crippen LogP contribution < -0.4 is 5.32 Å². The number of ether oxygens (including phenoxy) is 1. The van der Waals surface area contributed by atoms with Gasteiger partial charge in [-0.1, -0.05) is 36.8 Å². The van der Waals surface area contributed by atoms with Gasteiger partial charge in [0.25, 0.3) is 0 Å². The predicted molar refractivity (Wildman–Crippen MR) is 68.5 cm³/mol. The fraction of sp³-hybridized carbons (Fsp3) is 0.429. The van der Waals surface area contributed by atoms with Gasteiger partial charge in [-0.3, -0.25) is 0 Å². The Morgan fingerprint density at radius 2 is 2.00 bits per heavy atom. The summed E-state index contributed by atoms with van der Waals surface area (Å²) in [5.41, 5.74) is 0.869. The van der Waals surface area contributed by atoms with Gasteiger partial charge in [-0.05, 0) is 24.3 Å². The number of carbonyl (C=O) groups is 2. The van der Waals surface area contributed by atoms with E-state index in [2.05, 4.69) is 5.32 Å². The molecule has 0 saturated heterocycles. The third-order valence-electron chi connectivity index (χ3n) is 3.37. The highest BCUT2D eigenvalue weighted by atomic mass is 16.5. The number of carboxylic acid groups (broad SMARTS) is 1. The summed E-state index contributed by atoms with van der Waals surface area (Å²) in [4.78, 5) is 22.7. The lowest BCUT2D eigenvalue weighted by molar-refractivity contribution is -0.141. The zero-order valence-electron chi connectivity index (χ0n) is 10.5. The highest BCUT2D eigenvalue weighted by molar-refractivity contribution is 5.80. The van der Waals surface area contributed by atoms with Gasteiger partial charge >= 0.3 is 12.1 Å². The molecule has 0 radical (unpaired) electrons. The Kier molecular flexibility index (Phi) is 4.39. The van der Waals surface area contributed by atoms with E-state index in [9.17, 15) is 9.59 Å². The molecule has 1 amide bonds. The van der Waals surface area contributed by atoms with Gasteiger partial charge in [-0.25, -0.2) is 9.59 Å². The number of hydrogen-bond acceptors (Lipinski definition) is 3. The number of aliphatic carboxylic acids is 1. The molecule has 1 unspecified atom stereocenters. The lowest BCUT2D eigenvalue weighted by Gasteiger charge is -2.31. The monoisotopic (exact) mass is 263 g/mol. The van der Waals surface area contributed by atoms with E-state index < -0.39 is 18.1 Å². The molecule has 19 heavy (non-hydrogen) atoms. The summed E-state index contributed by atoms with van der Waals surface area (Å²) in [5.74, 6) is -0.969. The molecular formula is C14H17NO4. The Morgan fingerprint density at radius 1 is 1.32 bits per heavy atom. The first-order valence-electron chi connectivity index (χ1n) is 6.37. The minimum absolute atomic E-state index is 0.0294. The second kappa shape index (κ2) is 6.22. The van der Waals surface area contributed by atoms with Gasteiger partial charge in [0.05, 0.1) is 0 Å². The number of hydrogen-bond donors (Lipinski definition) is 2. The molecule has 5 nitrogen and oxygen atoms in total. The second-order valence-corrected chi connectivity index (χ2v) is 4.71. The molecule has 1 fully saturated rings. The normalized spacial score (nSPS) is 16.2. The molecule has 0 aliphatic heterocycles. The van der Waals surface area contributed by atoms with E-state index in [4.69, 9.17) is 9.84 Å². The summed E-state index contributed by atoms with van der Waals surface area (Å²) < 4.78 is 5.01. The van der Waals surface area contributed by atoms with Gasteiger partial charge in [0.1, 0.15) is 12.6 Å². The Bertz CT molecular complexity index is 442. The van der Waals surface area contributed by atoms with Gasteiger partial charge in [0, 0.05) is 0 Å². The topological polar surface area (TPSA) is 75.6 Å². The van der Waals surface area contributed by atoms with Crippen molar-refractivity contribution in [2.45, 2.75) is 31.9 Å². The van der Waals surface area contributed by atoms with Gasteiger partial charge in [0.15, 0.2) is 0 Å². The molecule has 1 saturated carbocycles. The lowest BCUT2D eigenvalue weighted by Crippen LogP contribution is -2.48. The summed E-state index contributed by atoms with van der Waals surface area (Å²) in [5, 5.41) is 11.5. The fourth-order valence-corrected chi connectivity index (χ4v) is 2.05. The Hall–Kier alpha value is -2.04. The molecule has 1 aliphatic carbocycles. The third-order valence-corrected chi connectivity index (χ3v) is 3.37. The second-order valence-electron chi connectivity index (χ2n) is 4.71. The van der Waals surface area contributed by atoms with Gasteiger partial charge in [-0.2, -0.15) is 0 Å². The standard InChI is InChI=1S/C14H17NO4/c16-13(17)12(11-7-4-8-11)15-14(18)19-9-10-5-2-1-3-6-10/h1-3,5-6,11-12H,4,7-9H2,(H,15,18)(H,16,17). The maximum atomic E-state index is 11.6. The summed E-state index contributed by atoms with van der Waals surface area (Å²) in [7, 11) is 0. The quantitative estimate of drug-likeness (QED) is 0.853. The van der Waals surface area contributed by atoms with Crippen LogP contribution >= 0.6 is 0 Å². The summed E-state index contributed by atoms with van der Waals surface area (Å²) in [6, 6.07) is 8.43. The first-order valence-corrected chi connectivity index (χ1v) is 6.37. The number of rotatable bonds is 5. The first kappa shape index (κ1) is 13.4. The summed E-state index contributed by atoms with van der Waals surface area (Å²) in [6.45, 7) is 0.143. The van der Waals surface area contributed by atoms with Crippen LogP contribution in [0.4, 0.5) is 4.79 Å². The predicted octanol–water partition coefficient (Wildman–Crippen LogP) is 2.17. The number of amides is 1. The minimum Gasteiger partial charge on any atom is -0.480 e. The van der Waals surface area contributed by atoms with Crippen LogP contribution in [-0.4, -0.2) is 23.2 Å². The number of carbonyl (C=O) groups excluding carboxylic acids is 1. The van der Waals surface area contributed by atoms with Crippen LogP contribution in [0.3, 0.4) is 0 Å². The van der Waals surface area contributed by atoms with E-state index >= 15 is 0 Å². The molecule has 0 bridgehead atoms. The van der Waals surface area contributed by atoms with E-state index in [0.29, 0.717) is 0 Å². The van der Waals surface area contributed by atoms with Crippen LogP contribution in [0.25, 0.3) is 0 Å². The van der Waals surface area contributed by atoms with Crippen molar-refractivity contribution < 1.29 is 19.4 Å². The largest absolute Gasteiger partial charge is 0.480 e. The number of nitrogens with one attached hydrogen (secondary N) is 1. The van der Waals surface area contributed by atoms with Crippen molar-refractivity contribution in [3.63, 3.8) is 0 Å². The third kappa shape index (κ3) is 3.71. The van der Waals surface area contributed by atoms with Crippen molar-refractivity contribution in [3.8, 4) is 0 Å². The molecule has 1 aliphatic rings. The maximum absolute atomic E-state index is 11.6. The molecular weight excluding hydrogens is 246 g/mol. The van der Waals surface area contributed by atoms with Crippen molar-refractivity contribution >= 4 is 12.1 Å². The molecule has 5 heteroatoms. The van der Waals surface area contributed by atoms with Gasteiger partial charge < -0.3 is 15.2 Å². The number of benzene rings is 1. The molecule has 1 aromatic rings. The van der Waals surface area contributed by atoms with E-state index in [1.807, 2.05) is 30.3 Å². The molecule has 0 aromatic heterocycles. The average Bonchev–Trinajstić information content (AvgIpc) is 2.34. The van der Waals surface area contributed by atoms with Crippen LogP contribution in [0.1, 0.15) is 24.8 Å². The first-order chi connectivity index (χ1) is 9.16. The molecule has 102 valence electrons. The molecule has 0 heterocycles. The lowest BCUT2D eigenvalue weighted by atomic mass is 9.80. The minimum atomic E-state index is -0.999. The van der Waals surface area contributed by atoms with Crippen LogP contribution in [-0.2, 0) is 16.1 Å². The summed E-state index contributed by atoms with van der Waals surface area (Å²) in [6.07, 6.45) is 2.03. The Balaban J connectivity index is 1.81.